The highest BCUT2D eigenvalue weighted by Gasteiger charge is 2.59. The molecule has 1 fully saturated rings. The lowest BCUT2D eigenvalue weighted by Gasteiger charge is -2.25. The number of anilines is 2. The van der Waals surface area contributed by atoms with Crippen molar-refractivity contribution in [3.05, 3.63) is 71.1 Å². The van der Waals surface area contributed by atoms with Gasteiger partial charge < -0.3 is 10.6 Å². The summed E-state index contributed by atoms with van der Waals surface area (Å²) in [5.74, 6) is -4.56. The Morgan fingerprint density at radius 1 is 1.26 bits per heavy atom. The summed E-state index contributed by atoms with van der Waals surface area (Å²) in [5, 5.41) is 5.15. The summed E-state index contributed by atoms with van der Waals surface area (Å²) in [7, 11) is 0. The van der Waals surface area contributed by atoms with Gasteiger partial charge in [0, 0.05) is 18.3 Å². The number of hydrogen-bond donors (Lipinski definition) is 2. The molecule has 3 amide bonds. The highest BCUT2D eigenvalue weighted by Crippen LogP contribution is 2.47. The van der Waals surface area contributed by atoms with Gasteiger partial charge >= 0.3 is 6.17 Å². The maximum Gasteiger partial charge on any atom is 0.302 e. The molecule has 0 aliphatic carbocycles. The Kier molecular flexibility index (Phi) is 6.09. The Labute approximate surface area is 195 Å². The number of nitrogens with zero attached hydrogens (tertiary/aromatic N) is 2. The smallest absolute Gasteiger partial charge is 0.302 e. The van der Waals surface area contributed by atoms with E-state index in [-0.39, 0.29) is 36.9 Å². The van der Waals surface area contributed by atoms with E-state index in [0.717, 1.165) is 23.8 Å². The number of carbonyl (C=O) groups is 3. The number of hydrogen-bond acceptors (Lipinski definition) is 3. The summed E-state index contributed by atoms with van der Waals surface area (Å²) < 4.78 is 27.7. The zero-order chi connectivity index (χ0) is 24.6. The Bertz CT molecular complexity index is 1210. The fourth-order valence-electron chi connectivity index (χ4n) is 4.76. The minimum atomic E-state index is -1.23. The van der Waals surface area contributed by atoms with Crippen LogP contribution in [0.3, 0.4) is 0 Å². The van der Waals surface area contributed by atoms with E-state index in [9.17, 15) is 23.2 Å². The van der Waals surface area contributed by atoms with Gasteiger partial charge in [-0.05, 0) is 36.1 Å². The first-order valence-corrected chi connectivity index (χ1v) is 11.0. The summed E-state index contributed by atoms with van der Waals surface area (Å²) in [5.41, 5.74) is -0.0795. The topological polar surface area (TPSA) is 82.9 Å². The van der Waals surface area contributed by atoms with Gasteiger partial charge in [0.15, 0.2) is 0 Å². The van der Waals surface area contributed by atoms with E-state index in [1.54, 1.807) is 24.3 Å². The number of benzene rings is 2. The number of rotatable bonds is 5. The Hall–Kier alpha value is -3.80. The fourth-order valence-corrected chi connectivity index (χ4v) is 4.76. The van der Waals surface area contributed by atoms with Gasteiger partial charge in [-0.2, -0.15) is 0 Å². The molecule has 2 aliphatic heterocycles. The molecule has 34 heavy (non-hydrogen) atoms. The Balaban J connectivity index is 1.64. The van der Waals surface area contributed by atoms with Crippen LogP contribution in [0.25, 0.3) is 4.85 Å². The van der Waals surface area contributed by atoms with Crippen LogP contribution >= 0.6 is 0 Å². The standard InChI is InChI=1S/C25H24F2N4O3/c1-14(2)10-16(22(32)29-20-11-15(26)8-9-18(20)27)23(33)31-13-25(12-21(31)28-3)17-6-4-5-7-19(17)30-24(25)34/h4-9,11,14,16,21H,10,12-13H2,1-2H3,(H,29,32)(H,30,34)/t16?,21-,25-/m0/s1. The highest BCUT2D eigenvalue weighted by atomic mass is 19.1. The van der Waals surface area contributed by atoms with Crippen molar-refractivity contribution in [2.24, 2.45) is 11.8 Å². The first-order valence-electron chi connectivity index (χ1n) is 11.0. The Morgan fingerprint density at radius 3 is 2.71 bits per heavy atom. The molecule has 1 unspecified atom stereocenters. The van der Waals surface area contributed by atoms with Gasteiger partial charge in [0.2, 0.25) is 17.7 Å². The van der Waals surface area contributed by atoms with Crippen molar-refractivity contribution in [2.75, 3.05) is 17.2 Å². The normalized spacial score (nSPS) is 21.8. The van der Waals surface area contributed by atoms with Gasteiger partial charge in [0.1, 0.15) is 23.0 Å². The van der Waals surface area contributed by atoms with Crippen LogP contribution in [-0.2, 0) is 19.8 Å². The van der Waals surface area contributed by atoms with Crippen molar-refractivity contribution in [3.8, 4) is 0 Å². The van der Waals surface area contributed by atoms with Crippen molar-refractivity contribution in [2.45, 2.75) is 38.3 Å². The number of para-hydroxylation sites is 1. The summed E-state index contributed by atoms with van der Waals surface area (Å²) >= 11 is 0. The van der Waals surface area contributed by atoms with Crippen LogP contribution in [0, 0.1) is 30.0 Å². The molecule has 1 spiro atoms. The van der Waals surface area contributed by atoms with Gasteiger partial charge in [0.25, 0.3) is 0 Å². The molecule has 4 rings (SSSR count). The van der Waals surface area contributed by atoms with E-state index in [2.05, 4.69) is 15.5 Å². The van der Waals surface area contributed by atoms with Gasteiger partial charge in [-0.3, -0.25) is 24.1 Å². The Morgan fingerprint density at radius 2 is 2.00 bits per heavy atom. The van der Waals surface area contributed by atoms with E-state index in [4.69, 9.17) is 6.57 Å². The molecule has 0 radical (unpaired) electrons. The molecule has 2 N–H and O–H groups in total. The second kappa shape index (κ2) is 8.86. The molecular formula is C25H24F2N4O3. The van der Waals surface area contributed by atoms with Gasteiger partial charge in [0.05, 0.1) is 12.1 Å². The largest absolute Gasteiger partial charge is 0.325 e. The fraction of sp³-hybridized carbons (Fsp3) is 0.360. The first-order chi connectivity index (χ1) is 16.2. The van der Waals surface area contributed by atoms with Crippen molar-refractivity contribution in [1.29, 1.82) is 0 Å². The maximum atomic E-state index is 14.1. The highest BCUT2D eigenvalue weighted by molar-refractivity contribution is 6.09. The lowest BCUT2D eigenvalue weighted by atomic mass is 9.80. The molecule has 2 aliphatic rings. The quantitative estimate of drug-likeness (QED) is 0.517. The van der Waals surface area contributed by atoms with Crippen LogP contribution in [-0.4, -0.2) is 35.3 Å². The molecule has 1 saturated heterocycles. The van der Waals surface area contributed by atoms with Crippen LogP contribution in [0.15, 0.2) is 42.5 Å². The second-order valence-electron chi connectivity index (χ2n) is 9.16. The predicted octanol–water partition coefficient (Wildman–Crippen LogP) is 3.93. The van der Waals surface area contributed by atoms with Crippen LogP contribution < -0.4 is 10.6 Å². The molecule has 7 nitrogen and oxygen atoms in total. The zero-order valence-electron chi connectivity index (χ0n) is 18.8. The molecule has 2 heterocycles. The first kappa shape index (κ1) is 23.4. The molecule has 0 bridgehead atoms. The number of halogens is 2. The van der Waals surface area contributed by atoms with Gasteiger partial charge in [-0.15, -0.1) is 0 Å². The molecule has 2 aromatic rings. The molecule has 3 atom stereocenters. The van der Waals surface area contributed by atoms with E-state index < -0.39 is 40.9 Å². The van der Waals surface area contributed by atoms with Gasteiger partial charge in [-0.25, -0.2) is 15.4 Å². The van der Waals surface area contributed by atoms with Crippen molar-refractivity contribution < 1.29 is 23.2 Å². The summed E-state index contributed by atoms with van der Waals surface area (Å²) in [4.78, 5) is 44.5. The van der Waals surface area contributed by atoms with Crippen molar-refractivity contribution in [3.63, 3.8) is 0 Å². The van der Waals surface area contributed by atoms with Crippen LogP contribution in [0.5, 0.6) is 0 Å². The number of amides is 3. The zero-order valence-corrected chi connectivity index (χ0v) is 18.8. The number of carbonyl (C=O) groups excluding carboxylic acids is 3. The lowest BCUT2D eigenvalue weighted by Crippen LogP contribution is -2.45. The summed E-state index contributed by atoms with van der Waals surface area (Å²) in [6.07, 6.45) is -0.684. The van der Waals surface area contributed by atoms with Crippen LogP contribution in [0.2, 0.25) is 0 Å². The third-order valence-electron chi connectivity index (χ3n) is 6.40. The monoisotopic (exact) mass is 466 g/mol. The molecule has 2 aromatic carbocycles. The van der Waals surface area contributed by atoms with Gasteiger partial charge in [-0.1, -0.05) is 32.0 Å². The van der Waals surface area contributed by atoms with Crippen LogP contribution in [0.4, 0.5) is 20.2 Å². The third-order valence-corrected chi connectivity index (χ3v) is 6.40. The summed E-state index contributed by atoms with van der Waals surface area (Å²) in [6.45, 7) is 11.3. The minimum absolute atomic E-state index is 0.0437. The van der Waals surface area contributed by atoms with E-state index in [1.807, 2.05) is 13.8 Å². The summed E-state index contributed by atoms with van der Waals surface area (Å²) in [6, 6.07) is 9.80. The average Bonchev–Trinajstić information content (AvgIpc) is 3.32. The minimum Gasteiger partial charge on any atom is -0.325 e. The third kappa shape index (κ3) is 4.00. The number of nitrogens with one attached hydrogen (secondary N) is 2. The SMILES string of the molecule is [C-]#[N+][C@@H]1C[C@@]2(CN1C(=O)C(CC(C)C)C(=O)Nc1cc(F)ccc1F)C(=O)Nc1ccccc12. The molecule has 176 valence electrons. The van der Waals surface area contributed by atoms with Crippen molar-refractivity contribution in [1.82, 2.24) is 4.90 Å². The van der Waals surface area contributed by atoms with E-state index in [0.29, 0.717) is 5.69 Å². The second-order valence-corrected chi connectivity index (χ2v) is 9.16. The molecule has 0 saturated carbocycles. The average molecular weight is 466 g/mol. The lowest BCUT2D eigenvalue weighted by molar-refractivity contribution is -0.141. The van der Waals surface area contributed by atoms with Crippen molar-refractivity contribution >= 4 is 29.1 Å². The molecule has 0 aromatic heterocycles. The molecular weight excluding hydrogens is 442 g/mol. The van der Waals surface area contributed by atoms with E-state index in [1.165, 1.54) is 4.90 Å². The maximum absolute atomic E-state index is 14.1. The molecule has 9 heteroatoms. The predicted molar refractivity (Wildman–Crippen MR) is 121 cm³/mol. The number of likely N-dealkylation sites (tertiary alicyclic amines) is 1. The number of fused-ring (bicyclic) bond motifs is 2. The van der Waals surface area contributed by atoms with Crippen LogP contribution in [0.1, 0.15) is 32.3 Å². The van der Waals surface area contributed by atoms with E-state index >= 15 is 0 Å².